The van der Waals surface area contributed by atoms with Crippen molar-refractivity contribution < 1.29 is 18.9 Å². The number of imide groups is 1. The Hall–Kier alpha value is -3.42. The van der Waals surface area contributed by atoms with Gasteiger partial charge in [-0.25, -0.2) is 4.79 Å². The number of aryl methyl sites for hydroxylation is 1. The summed E-state index contributed by atoms with van der Waals surface area (Å²) in [5.41, 5.74) is 1.50. The molecule has 1 fully saturated rings. The van der Waals surface area contributed by atoms with Crippen molar-refractivity contribution in [3.05, 3.63) is 57.5 Å². The van der Waals surface area contributed by atoms with Gasteiger partial charge >= 0.3 is 6.03 Å². The lowest BCUT2D eigenvalue weighted by Crippen LogP contribution is -2.22. The second-order valence-corrected chi connectivity index (χ2v) is 4.92. The minimum Gasteiger partial charge on any atom is -0.457 e. The fraction of sp³-hybridized carbons (Fsp3) is 0.0667. The number of urea groups is 1. The molecule has 8 nitrogen and oxygen atoms in total. The molecule has 2 aromatic rings. The normalized spacial score (nSPS) is 15.6. The van der Waals surface area contributed by atoms with Gasteiger partial charge in [-0.3, -0.25) is 20.2 Å². The topological polar surface area (TPSA) is 114 Å². The van der Waals surface area contributed by atoms with Crippen molar-refractivity contribution in [2.45, 2.75) is 6.92 Å². The van der Waals surface area contributed by atoms with Crippen LogP contribution in [0.2, 0.25) is 0 Å². The molecule has 3 rings (SSSR count). The number of nitrogens with one attached hydrogen (secondary N) is 2. The molecule has 1 aliphatic rings. The first-order valence-corrected chi connectivity index (χ1v) is 6.63. The fourth-order valence-electron chi connectivity index (χ4n) is 2.24. The maximum Gasteiger partial charge on any atom is 0.326 e. The maximum absolute atomic E-state index is 11.5. The summed E-state index contributed by atoms with van der Waals surface area (Å²) in [7, 11) is 0. The standard InChI is InChI=1S/C15H11N3O5/c1-8-6-9(18(21)22)2-4-11(8)13-5-3-10(23-13)7-12-14(19)17-15(20)16-12/h2-7H,1H3,(H2,16,17,19,20)/b12-7+. The second-order valence-electron chi connectivity index (χ2n) is 4.92. The molecule has 0 atom stereocenters. The lowest BCUT2D eigenvalue weighted by Gasteiger charge is -2.02. The molecule has 0 spiro atoms. The Kier molecular flexibility index (Phi) is 3.41. The number of benzene rings is 1. The summed E-state index contributed by atoms with van der Waals surface area (Å²) >= 11 is 0. The highest BCUT2D eigenvalue weighted by Crippen LogP contribution is 2.29. The number of carbonyl (C=O) groups excluding carboxylic acids is 2. The predicted octanol–water partition coefficient (Wildman–Crippen LogP) is 2.34. The van der Waals surface area contributed by atoms with Gasteiger partial charge in [-0.15, -0.1) is 0 Å². The molecule has 0 unspecified atom stereocenters. The average Bonchev–Trinajstić information content (AvgIpc) is 3.06. The van der Waals surface area contributed by atoms with E-state index in [0.717, 1.165) is 0 Å². The van der Waals surface area contributed by atoms with E-state index in [9.17, 15) is 19.7 Å². The zero-order valence-electron chi connectivity index (χ0n) is 12.0. The lowest BCUT2D eigenvalue weighted by molar-refractivity contribution is -0.384. The van der Waals surface area contributed by atoms with Gasteiger partial charge in [-0.05, 0) is 30.7 Å². The smallest absolute Gasteiger partial charge is 0.326 e. The molecule has 0 radical (unpaired) electrons. The molecule has 116 valence electrons. The molecule has 1 aromatic carbocycles. The number of carbonyl (C=O) groups is 2. The molecule has 2 N–H and O–H groups in total. The molecule has 0 aliphatic carbocycles. The maximum atomic E-state index is 11.5. The van der Waals surface area contributed by atoms with E-state index in [1.165, 1.54) is 18.2 Å². The van der Waals surface area contributed by atoms with Crippen molar-refractivity contribution in [1.29, 1.82) is 0 Å². The van der Waals surface area contributed by atoms with Crippen molar-refractivity contribution in [2.75, 3.05) is 0 Å². The van der Waals surface area contributed by atoms with E-state index in [0.29, 0.717) is 22.6 Å². The molecule has 3 amide bonds. The highest BCUT2D eigenvalue weighted by molar-refractivity contribution is 6.13. The van der Waals surface area contributed by atoms with E-state index in [1.807, 2.05) is 0 Å². The lowest BCUT2D eigenvalue weighted by atomic mass is 10.1. The van der Waals surface area contributed by atoms with Crippen LogP contribution in [-0.2, 0) is 4.79 Å². The monoisotopic (exact) mass is 313 g/mol. The Morgan fingerprint density at radius 1 is 1.17 bits per heavy atom. The van der Waals surface area contributed by atoms with Gasteiger partial charge < -0.3 is 9.73 Å². The number of hydrogen-bond donors (Lipinski definition) is 2. The first kappa shape index (κ1) is 14.5. The first-order chi connectivity index (χ1) is 10.9. The van der Waals surface area contributed by atoms with Crippen molar-refractivity contribution in [3.63, 3.8) is 0 Å². The number of amides is 3. The number of nitro groups is 1. The molecule has 8 heteroatoms. The molecule has 1 aromatic heterocycles. The van der Waals surface area contributed by atoms with Gasteiger partial charge in [0.05, 0.1) is 4.92 Å². The summed E-state index contributed by atoms with van der Waals surface area (Å²) in [5, 5.41) is 15.2. The SMILES string of the molecule is Cc1cc([N+](=O)[O-])ccc1-c1ccc(/C=C2/NC(=O)NC2=O)o1. The number of rotatable bonds is 3. The number of non-ortho nitro benzene ring substituents is 1. The summed E-state index contributed by atoms with van der Waals surface area (Å²) in [4.78, 5) is 32.8. The average molecular weight is 313 g/mol. The van der Waals surface area contributed by atoms with Gasteiger partial charge in [0.2, 0.25) is 0 Å². The van der Waals surface area contributed by atoms with E-state index in [1.54, 1.807) is 25.1 Å². The Labute approximate surface area is 129 Å². The van der Waals surface area contributed by atoms with Crippen molar-refractivity contribution in [1.82, 2.24) is 10.6 Å². The molecular formula is C15H11N3O5. The minimum atomic E-state index is -0.584. The summed E-state index contributed by atoms with van der Waals surface area (Å²) in [6.45, 7) is 1.74. The minimum absolute atomic E-state index is 0.00508. The van der Waals surface area contributed by atoms with Crippen molar-refractivity contribution in [2.24, 2.45) is 0 Å². The van der Waals surface area contributed by atoms with E-state index >= 15 is 0 Å². The van der Waals surface area contributed by atoms with Crippen LogP contribution in [0.25, 0.3) is 17.4 Å². The molecule has 0 bridgehead atoms. The van der Waals surface area contributed by atoms with E-state index < -0.39 is 16.9 Å². The second kappa shape index (κ2) is 5.41. The highest BCUT2D eigenvalue weighted by atomic mass is 16.6. The Morgan fingerprint density at radius 3 is 2.57 bits per heavy atom. The zero-order chi connectivity index (χ0) is 16.6. The van der Waals surface area contributed by atoms with Gasteiger partial charge in [0, 0.05) is 23.8 Å². The number of hydrogen-bond acceptors (Lipinski definition) is 5. The first-order valence-electron chi connectivity index (χ1n) is 6.63. The van der Waals surface area contributed by atoms with Crippen LogP contribution in [0.15, 0.2) is 40.4 Å². The summed E-state index contributed by atoms with van der Waals surface area (Å²) < 4.78 is 5.62. The molecule has 1 saturated heterocycles. The Morgan fingerprint density at radius 2 is 1.96 bits per heavy atom. The fourth-order valence-corrected chi connectivity index (χ4v) is 2.24. The van der Waals surface area contributed by atoms with Crippen LogP contribution in [0.5, 0.6) is 0 Å². The molecule has 1 aliphatic heterocycles. The van der Waals surface area contributed by atoms with Crippen molar-refractivity contribution in [3.8, 4) is 11.3 Å². The molecular weight excluding hydrogens is 302 g/mol. The van der Waals surface area contributed by atoms with Crippen LogP contribution in [0, 0.1) is 17.0 Å². The highest BCUT2D eigenvalue weighted by Gasteiger charge is 2.23. The number of nitrogens with zero attached hydrogens (tertiary/aromatic N) is 1. The van der Waals surface area contributed by atoms with Gasteiger partial charge in [-0.1, -0.05) is 0 Å². The van der Waals surface area contributed by atoms with Gasteiger partial charge in [-0.2, -0.15) is 0 Å². The summed E-state index contributed by atoms with van der Waals surface area (Å²) in [6, 6.07) is 7.21. The van der Waals surface area contributed by atoms with E-state index in [-0.39, 0.29) is 11.4 Å². The summed E-state index contributed by atoms with van der Waals surface area (Å²) in [6.07, 6.45) is 1.41. The van der Waals surface area contributed by atoms with Crippen LogP contribution in [0.1, 0.15) is 11.3 Å². The van der Waals surface area contributed by atoms with Crippen LogP contribution >= 0.6 is 0 Å². The third-order valence-electron chi connectivity index (χ3n) is 3.32. The third kappa shape index (κ3) is 2.82. The third-order valence-corrected chi connectivity index (χ3v) is 3.32. The molecule has 0 saturated carbocycles. The van der Waals surface area contributed by atoms with Crippen LogP contribution in [0.4, 0.5) is 10.5 Å². The van der Waals surface area contributed by atoms with E-state index in [2.05, 4.69) is 10.6 Å². The summed E-state index contributed by atoms with van der Waals surface area (Å²) in [5.74, 6) is 0.360. The number of furan rings is 1. The van der Waals surface area contributed by atoms with Gasteiger partial charge in [0.15, 0.2) is 0 Å². The van der Waals surface area contributed by atoms with Gasteiger partial charge in [0.25, 0.3) is 11.6 Å². The quantitative estimate of drug-likeness (QED) is 0.390. The van der Waals surface area contributed by atoms with Gasteiger partial charge in [0.1, 0.15) is 17.2 Å². The van der Waals surface area contributed by atoms with Crippen LogP contribution in [0.3, 0.4) is 0 Å². The number of nitro benzene ring substituents is 1. The van der Waals surface area contributed by atoms with Crippen LogP contribution < -0.4 is 10.6 Å². The predicted molar refractivity (Wildman–Crippen MR) is 80.2 cm³/mol. The Balaban J connectivity index is 1.91. The molecule has 2 heterocycles. The Bertz CT molecular complexity index is 866. The molecule has 23 heavy (non-hydrogen) atoms. The zero-order valence-corrected chi connectivity index (χ0v) is 12.0. The van der Waals surface area contributed by atoms with E-state index in [4.69, 9.17) is 4.42 Å². The van der Waals surface area contributed by atoms with Crippen LogP contribution in [-0.4, -0.2) is 16.9 Å². The van der Waals surface area contributed by atoms with Crippen molar-refractivity contribution >= 4 is 23.7 Å². The largest absolute Gasteiger partial charge is 0.457 e.